The van der Waals surface area contributed by atoms with E-state index in [0.717, 1.165) is 0 Å². The first-order valence-corrected chi connectivity index (χ1v) is 4.41. The number of azo groups is 1. The summed E-state index contributed by atoms with van der Waals surface area (Å²) in [5.41, 5.74) is 5.23. The lowest BCUT2D eigenvalue weighted by Crippen LogP contribution is -1.99. The van der Waals surface area contributed by atoms with Crippen LogP contribution in [-0.4, -0.2) is 35.4 Å². The lowest BCUT2D eigenvalue weighted by atomic mass is 10.6. The van der Waals surface area contributed by atoms with E-state index in [1.165, 1.54) is 0 Å². The molecule has 2 aromatic rings. The normalized spacial score (nSPS) is 12.6. The van der Waals surface area contributed by atoms with Crippen LogP contribution >= 0.6 is 0 Å². The molecule has 2 rings (SSSR count). The zero-order valence-corrected chi connectivity index (χ0v) is 9.05. The summed E-state index contributed by atoms with van der Waals surface area (Å²) in [6, 6.07) is 0. The second-order valence-electron chi connectivity index (χ2n) is 2.86. The van der Waals surface area contributed by atoms with Crippen molar-refractivity contribution >= 4 is 23.3 Å². The Balaban J connectivity index is 2.39. The highest BCUT2D eigenvalue weighted by Crippen LogP contribution is 2.25. The lowest BCUT2D eigenvalue weighted by molar-refractivity contribution is -0.643. The molecule has 0 aliphatic carbocycles. The van der Waals surface area contributed by atoms with Gasteiger partial charge >= 0.3 is 17.5 Å². The monoisotopic (exact) mass is 286 g/mol. The van der Waals surface area contributed by atoms with E-state index in [1.807, 2.05) is 0 Å². The number of aromatic nitrogens is 4. The average molecular weight is 286 g/mol. The lowest BCUT2D eigenvalue weighted by Gasteiger charge is -1.97. The fourth-order valence-corrected chi connectivity index (χ4v) is 0.929. The first-order chi connectivity index (χ1) is 9.49. The van der Waals surface area contributed by atoms with Gasteiger partial charge in [-0.2, -0.15) is 0 Å². The van der Waals surface area contributed by atoms with Gasteiger partial charge in [0.1, 0.15) is 5.03 Å². The molecule has 0 atom stereocenters. The first kappa shape index (κ1) is 12.7. The van der Waals surface area contributed by atoms with Gasteiger partial charge < -0.3 is 26.3 Å². The van der Waals surface area contributed by atoms with E-state index >= 15 is 0 Å². The smallest absolute Gasteiger partial charge is 0.522 e. The van der Waals surface area contributed by atoms with Crippen LogP contribution in [0.15, 0.2) is 19.6 Å². The molecule has 0 amide bonds. The van der Waals surface area contributed by atoms with Crippen LogP contribution in [0.2, 0.25) is 0 Å². The predicted octanol–water partition coefficient (Wildman–Crippen LogP) is -0.254. The van der Waals surface area contributed by atoms with Gasteiger partial charge in [0.05, 0.1) is 0 Å². The summed E-state index contributed by atoms with van der Waals surface area (Å²) >= 11 is 0. The van der Waals surface area contributed by atoms with Gasteiger partial charge in [-0.3, -0.25) is 0 Å². The molecule has 2 heterocycles. The highest BCUT2D eigenvalue weighted by molar-refractivity contribution is 5.44. The SMILES string of the molecule is Nc1nonc1[N+]([O-])=Nc1nonc1[N+]([O-])=N[N+](=O)[O-]. The quantitative estimate of drug-likeness (QED) is 0.333. The van der Waals surface area contributed by atoms with E-state index in [1.54, 1.807) is 0 Å². The number of hydrogen-bond acceptors (Lipinski definition) is 12. The number of rotatable bonds is 4. The molecule has 2 aromatic heterocycles. The van der Waals surface area contributed by atoms with Crippen molar-refractivity contribution < 1.29 is 24.0 Å². The van der Waals surface area contributed by atoms with E-state index < -0.39 is 27.3 Å². The summed E-state index contributed by atoms with van der Waals surface area (Å²) in [5, 5.41) is 49.3. The second kappa shape index (κ2) is 4.88. The third kappa shape index (κ3) is 2.42. The van der Waals surface area contributed by atoms with Crippen molar-refractivity contribution in [2.45, 2.75) is 0 Å². The maximum atomic E-state index is 11.5. The van der Waals surface area contributed by atoms with Crippen LogP contribution in [0.1, 0.15) is 0 Å². The summed E-state index contributed by atoms with van der Waals surface area (Å²) in [6.45, 7) is 0. The third-order valence-corrected chi connectivity index (χ3v) is 1.65. The fraction of sp³-hybridized carbons (Fsp3) is 0. The molecule has 0 saturated heterocycles. The number of hydrogen-bond donors (Lipinski definition) is 1. The summed E-state index contributed by atoms with van der Waals surface area (Å²) in [6.07, 6.45) is 0. The molecule has 0 unspecified atom stereocenters. The molecule has 0 saturated carbocycles. The Morgan fingerprint density at radius 1 is 1.00 bits per heavy atom. The third-order valence-electron chi connectivity index (χ3n) is 1.65. The van der Waals surface area contributed by atoms with Crippen LogP contribution in [0.3, 0.4) is 0 Å². The Bertz CT molecular complexity index is 698. The van der Waals surface area contributed by atoms with E-state index in [2.05, 4.69) is 40.2 Å². The van der Waals surface area contributed by atoms with Crippen molar-refractivity contribution in [2.24, 2.45) is 10.3 Å². The van der Waals surface area contributed by atoms with Crippen molar-refractivity contribution in [2.75, 3.05) is 5.73 Å². The van der Waals surface area contributed by atoms with Gasteiger partial charge in [0, 0.05) is 10.3 Å². The van der Waals surface area contributed by atoms with Crippen LogP contribution in [0.25, 0.3) is 0 Å². The molecule has 2 N–H and O–H groups in total. The second-order valence-corrected chi connectivity index (χ2v) is 2.86. The minimum Gasteiger partial charge on any atom is -0.690 e. The predicted molar refractivity (Wildman–Crippen MR) is 51.1 cm³/mol. The van der Waals surface area contributed by atoms with Crippen LogP contribution in [0.5, 0.6) is 0 Å². The van der Waals surface area contributed by atoms with Crippen molar-refractivity contribution in [3.8, 4) is 0 Å². The number of anilines is 1. The topological polar surface area (TPSA) is 224 Å². The molecule has 16 heteroatoms. The summed E-state index contributed by atoms with van der Waals surface area (Å²) in [7, 11) is 0. The van der Waals surface area contributed by atoms with Crippen LogP contribution < -0.4 is 5.73 Å². The summed E-state index contributed by atoms with van der Waals surface area (Å²) < 4.78 is 8.27. The van der Waals surface area contributed by atoms with Gasteiger partial charge in [-0.15, -0.1) is 14.1 Å². The zero-order valence-electron chi connectivity index (χ0n) is 9.05. The van der Waals surface area contributed by atoms with E-state index in [9.17, 15) is 20.5 Å². The average Bonchev–Trinajstić information content (AvgIpc) is 2.96. The van der Waals surface area contributed by atoms with Crippen molar-refractivity contribution in [3.05, 3.63) is 20.5 Å². The van der Waals surface area contributed by atoms with E-state index in [0.29, 0.717) is 0 Å². The maximum absolute atomic E-state index is 11.5. The highest BCUT2D eigenvalue weighted by Gasteiger charge is 2.29. The number of nitrogen functional groups attached to an aromatic ring is 1. The van der Waals surface area contributed by atoms with E-state index in [4.69, 9.17) is 5.73 Å². The number of nitro groups is 1. The molecule has 0 spiro atoms. The van der Waals surface area contributed by atoms with Gasteiger partial charge in [0.15, 0.2) is 5.16 Å². The molecule has 0 aromatic carbocycles. The Hall–Kier alpha value is -3.72. The van der Waals surface area contributed by atoms with Gasteiger partial charge in [-0.1, -0.05) is 0 Å². The molecule has 16 nitrogen and oxygen atoms in total. The van der Waals surface area contributed by atoms with Crippen molar-refractivity contribution in [1.82, 2.24) is 20.6 Å². The summed E-state index contributed by atoms with van der Waals surface area (Å²) in [5.74, 6) is -2.42. The Morgan fingerprint density at radius 2 is 1.65 bits per heavy atom. The number of nitrogens with two attached hydrogens (primary N) is 1. The number of nitrogens with zero attached hydrogens (tertiary/aromatic N) is 9. The Kier molecular flexibility index (Phi) is 3.10. The van der Waals surface area contributed by atoms with Crippen molar-refractivity contribution in [1.29, 1.82) is 0 Å². The van der Waals surface area contributed by atoms with Crippen LogP contribution in [0, 0.1) is 20.5 Å². The zero-order chi connectivity index (χ0) is 14.7. The minimum absolute atomic E-state index is 0.200. The molecular formula is C4H2N10O6. The molecular weight excluding hydrogens is 284 g/mol. The van der Waals surface area contributed by atoms with Crippen LogP contribution in [-0.2, 0) is 0 Å². The Labute approximate surface area is 106 Å². The largest absolute Gasteiger partial charge is 0.690 e. The van der Waals surface area contributed by atoms with E-state index in [-0.39, 0.29) is 10.7 Å². The van der Waals surface area contributed by atoms with Gasteiger partial charge in [0.25, 0.3) is 11.0 Å². The minimum atomic E-state index is -1.29. The molecule has 20 heavy (non-hydrogen) atoms. The Morgan fingerprint density at radius 3 is 2.25 bits per heavy atom. The molecule has 0 aliphatic heterocycles. The summed E-state index contributed by atoms with van der Waals surface area (Å²) in [4.78, 5) is 9.29. The van der Waals surface area contributed by atoms with Crippen molar-refractivity contribution in [3.63, 3.8) is 0 Å². The molecule has 0 radical (unpaired) electrons. The van der Waals surface area contributed by atoms with Crippen LogP contribution in [0.4, 0.5) is 23.3 Å². The highest BCUT2D eigenvalue weighted by atomic mass is 16.7. The first-order valence-electron chi connectivity index (χ1n) is 4.41. The molecule has 0 fully saturated rings. The molecule has 104 valence electrons. The van der Waals surface area contributed by atoms with Gasteiger partial charge in [0.2, 0.25) is 5.22 Å². The van der Waals surface area contributed by atoms with Gasteiger partial charge in [-0.05, 0) is 9.97 Å². The molecule has 0 bridgehead atoms. The standard InChI is InChI=1S/C4H2N10O6/c5-1-3(9-19-7-1)12(15)6-2-4(10-20-8-2)13(16)11-14(17)18/h(H2,5,7). The maximum Gasteiger partial charge on any atom is 0.522 e. The molecule has 0 aliphatic rings. The fourth-order valence-electron chi connectivity index (χ4n) is 0.929. The van der Waals surface area contributed by atoms with Gasteiger partial charge in [-0.25, -0.2) is 0 Å².